The molecule has 0 spiro atoms. The fourth-order valence-electron chi connectivity index (χ4n) is 0.913. The molecule has 2 aromatic heterocycles. The summed E-state index contributed by atoms with van der Waals surface area (Å²) >= 11 is 1.21. The largest absolute Gasteiger partial charge is 0.476 e. The molecule has 6 nitrogen and oxygen atoms in total. The van der Waals surface area contributed by atoms with Crippen molar-refractivity contribution in [3.63, 3.8) is 0 Å². The van der Waals surface area contributed by atoms with Gasteiger partial charge in [0.15, 0.2) is 10.7 Å². The average Bonchev–Trinajstić information content (AvgIpc) is 2.70. The van der Waals surface area contributed by atoms with Gasteiger partial charge >= 0.3 is 5.97 Å². The molecule has 0 fully saturated rings. The minimum Gasteiger partial charge on any atom is -0.476 e. The van der Waals surface area contributed by atoms with Crippen LogP contribution in [0.25, 0.3) is 10.8 Å². The summed E-state index contributed by atoms with van der Waals surface area (Å²) < 4.78 is 0. The number of aromatic nitrogens is 4. The van der Waals surface area contributed by atoms with Gasteiger partial charge in [-0.1, -0.05) is 0 Å². The molecule has 0 aliphatic heterocycles. The van der Waals surface area contributed by atoms with Crippen molar-refractivity contribution in [2.75, 3.05) is 0 Å². The molecular weight excluding hydrogens is 204 g/mol. The highest BCUT2D eigenvalue weighted by molar-refractivity contribution is 7.13. The number of nitrogens with zero attached hydrogens (tertiary/aromatic N) is 3. The fourth-order valence-corrected chi connectivity index (χ4v) is 1.64. The van der Waals surface area contributed by atoms with Gasteiger partial charge in [-0.3, -0.25) is 5.10 Å². The van der Waals surface area contributed by atoms with E-state index in [-0.39, 0.29) is 5.69 Å². The number of aromatic carboxylic acids is 1. The summed E-state index contributed by atoms with van der Waals surface area (Å²) in [4.78, 5) is 18.5. The van der Waals surface area contributed by atoms with Crippen molar-refractivity contribution in [1.82, 2.24) is 20.2 Å². The molecular formula is C7H6N4O2S. The highest BCUT2D eigenvalue weighted by atomic mass is 32.1. The molecule has 2 N–H and O–H groups in total. The van der Waals surface area contributed by atoms with E-state index in [1.807, 2.05) is 0 Å². The number of carboxylic acid groups (broad SMARTS) is 1. The van der Waals surface area contributed by atoms with Gasteiger partial charge in [-0.25, -0.2) is 14.8 Å². The van der Waals surface area contributed by atoms with Crippen LogP contribution in [0.3, 0.4) is 0 Å². The van der Waals surface area contributed by atoms with E-state index < -0.39 is 5.97 Å². The van der Waals surface area contributed by atoms with Gasteiger partial charge in [-0.2, -0.15) is 5.10 Å². The zero-order valence-electron chi connectivity index (χ0n) is 7.18. The molecule has 0 aliphatic carbocycles. The van der Waals surface area contributed by atoms with Crippen LogP contribution in [0.1, 0.15) is 16.3 Å². The molecule has 0 aromatic carbocycles. The molecule has 0 amide bonds. The number of nitrogens with one attached hydrogen (secondary N) is 1. The number of H-pyrrole nitrogens is 1. The maximum absolute atomic E-state index is 10.5. The summed E-state index contributed by atoms with van der Waals surface area (Å²) in [6.07, 6.45) is 0. The molecule has 2 aromatic rings. The Kier molecular flexibility index (Phi) is 2.01. The van der Waals surface area contributed by atoms with E-state index in [0.717, 1.165) is 0 Å². The van der Waals surface area contributed by atoms with Crippen LogP contribution in [0.2, 0.25) is 0 Å². The Bertz CT molecular complexity index is 475. The van der Waals surface area contributed by atoms with Crippen LogP contribution in [-0.2, 0) is 0 Å². The molecule has 0 saturated carbocycles. The molecule has 0 atom stereocenters. The summed E-state index contributed by atoms with van der Waals surface area (Å²) in [7, 11) is 0. The van der Waals surface area contributed by atoms with Crippen LogP contribution in [0, 0.1) is 6.92 Å². The first-order valence-electron chi connectivity index (χ1n) is 3.75. The normalized spacial score (nSPS) is 10.4. The molecule has 7 heteroatoms. The topological polar surface area (TPSA) is 91.8 Å². The second kappa shape index (κ2) is 3.18. The second-order valence-electron chi connectivity index (χ2n) is 2.59. The summed E-state index contributed by atoms with van der Waals surface area (Å²) in [5.41, 5.74) is 0.0208. The first-order chi connectivity index (χ1) is 6.66. The number of carboxylic acids is 1. The summed E-state index contributed by atoms with van der Waals surface area (Å²) in [6.45, 7) is 1.77. The number of carbonyl (C=O) groups is 1. The van der Waals surface area contributed by atoms with E-state index in [1.54, 1.807) is 6.92 Å². The van der Waals surface area contributed by atoms with Gasteiger partial charge in [0, 0.05) is 5.38 Å². The average molecular weight is 210 g/mol. The van der Waals surface area contributed by atoms with Crippen LogP contribution in [0.5, 0.6) is 0 Å². The smallest absolute Gasteiger partial charge is 0.355 e. The van der Waals surface area contributed by atoms with Crippen molar-refractivity contribution in [3.05, 3.63) is 16.9 Å². The summed E-state index contributed by atoms with van der Waals surface area (Å²) in [5, 5.41) is 17.2. The monoisotopic (exact) mass is 210 g/mol. The number of rotatable bonds is 2. The van der Waals surface area contributed by atoms with Crippen molar-refractivity contribution < 1.29 is 9.90 Å². The molecule has 2 heterocycles. The number of hydrogen-bond acceptors (Lipinski definition) is 5. The molecule has 0 aliphatic rings. The van der Waals surface area contributed by atoms with E-state index in [4.69, 9.17) is 5.11 Å². The summed E-state index contributed by atoms with van der Waals surface area (Å²) in [6, 6.07) is 0. The lowest BCUT2D eigenvalue weighted by molar-refractivity contribution is 0.0691. The van der Waals surface area contributed by atoms with E-state index in [0.29, 0.717) is 16.7 Å². The van der Waals surface area contributed by atoms with Gasteiger partial charge in [0.05, 0.1) is 0 Å². The zero-order chi connectivity index (χ0) is 10.1. The van der Waals surface area contributed by atoms with Crippen LogP contribution in [-0.4, -0.2) is 31.2 Å². The van der Waals surface area contributed by atoms with Gasteiger partial charge in [-0.05, 0) is 6.92 Å². The lowest BCUT2D eigenvalue weighted by Gasteiger charge is -1.83. The van der Waals surface area contributed by atoms with E-state index >= 15 is 0 Å². The highest BCUT2D eigenvalue weighted by Gasteiger charge is 2.12. The molecule has 0 unspecified atom stereocenters. The number of aromatic amines is 1. The second-order valence-corrected chi connectivity index (χ2v) is 3.45. The number of aryl methyl sites for hydroxylation is 1. The fraction of sp³-hybridized carbons (Fsp3) is 0.143. The number of thiazole rings is 1. The Balaban J connectivity index is 2.38. The van der Waals surface area contributed by atoms with Gasteiger partial charge < -0.3 is 5.11 Å². The van der Waals surface area contributed by atoms with Gasteiger partial charge in [-0.15, -0.1) is 11.3 Å². The standard InChI is InChI=1S/C7H6N4O2S/c1-3-8-5(11-10-3)6-9-4(2-14-6)7(12)13/h2H,1H3,(H,12,13)(H,8,10,11). The minimum atomic E-state index is -1.04. The van der Waals surface area contributed by atoms with E-state index in [2.05, 4.69) is 20.2 Å². The molecule has 14 heavy (non-hydrogen) atoms. The molecule has 0 saturated heterocycles. The molecule has 2 rings (SSSR count). The first kappa shape index (κ1) is 8.82. The van der Waals surface area contributed by atoms with Gasteiger partial charge in [0.1, 0.15) is 5.82 Å². The van der Waals surface area contributed by atoms with Crippen LogP contribution in [0.4, 0.5) is 0 Å². The predicted molar refractivity (Wildman–Crippen MR) is 49.2 cm³/mol. The van der Waals surface area contributed by atoms with Gasteiger partial charge in [0.25, 0.3) is 0 Å². The maximum atomic E-state index is 10.5. The van der Waals surface area contributed by atoms with Crippen LogP contribution < -0.4 is 0 Å². The van der Waals surface area contributed by atoms with E-state index in [1.165, 1.54) is 16.7 Å². The van der Waals surface area contributed by atoms with Crippen molar-refractivity contribution in [1.29, 1.82) is 0 Å². The molecule has 0 bridgehead atoms. The van der Waals surface area contributed by atoms with E-state index in [9.17, 15) is 4.79 Å². The maximum Gasteiger partial charge on any atom is 0.355 e. The van der Waals surface area contributed by atoms with Crippen LogP contribution in [0.15, 0.2) is 5.38 Å². The third-order valence-corrected chi connectivity index (χ3v) is 2.35. The Morgan fingerprint density at radius 3 is 2.86 bits per heavy atom. The predicted octanol–water partition coefficient (Wildman–Crippen LogP) is 0.935. The highest BCUT2D eigenvalue weighted by Crippen LogP contribution is 2.19. The van der Waals surface area contributed by atoms with Crippen molar-refractivity contribution in [2.45, 2.75) is 6.92 Å². The summed E-state index contributed by atoms with van der Waals surface area (Å²) in [5.74, 6) is 0.0619. The third-order valence-electron chi connectivity index (χ3n) is 1.51. The van der Waals surface area contributed by atoms with Crippen LogP contribution >= 0.6 is 11.3 Å². The van der Waals surface area contributed by atoms with Crippen molar-refractivity contribution in [3.8, 4) is 10.8 Å². The minimum absolute atomic E-state index is 0.0208. The zero-order valence-corrected chi connectivity index (χ0v) is 8.00. The lowest BCUT2D eigenvalue weighted by atomic mass is 10.5. The Labute approximate surface area is 82.7 Å². The molecule has 72 valence electrons. The molecule has 0 radical (unpaired) electrons. The number of hydrogen-bond donors (Lipinski definition) is 2. The Morgan fingerprint density at radius 2 is 2.36 bits per heavy atom. The van der Waals surface area contributed by atoms with Crippen molar-refractivity contribution in [2.24, 2.45) is 0 Å². The third kappa shape index (κ3) is 1.49. The SMILES string of the molecule is Cc1nc(-c2nc(C(=O)O)cs2)n[nH]1. The Hall–Kier alpha value is -1.76. The first-order valence-corrected chi connectivity index (χ1v) is 4.63. The quantitative estimate of drug-likeness (QED) is 0.769. The van der Waals surface area contributed by atoms with Crippen molar-refractivity contribution >= 4 is 17.3 Å². The Morgan fingerprint density at radius 1 is 1.57 bits per heavy atom. The van der Waals surface area contributed by atoms with Gasteiger partial charge in [0.2, 0.25) is 5.82 Å². The lowest BCUT2D eigenvalue weighted by Crippen LogP contribution is -1.95.